The number of nitrogens with two attached hydrogens (primary N) is 1. The van der Waals surface area contributed by atoms with E-state index in [9.17, 15) is 0 Å². The number of anilines is 1. The number of hydrogen-bond donors (Lipinski definition) is 1. The molecule has 1 aliphatic rings. The van der Waals surface area contributed by atoms with Crippen molar-refractivity contribution in [2.24, 2.45) is 5.73 Å². The Hall–Kier alpha value is -0.540. The maximum atomic E-state index is 5.72. The Morgan fingerprint density at radius 1 is 1.28 bits per heavy atom. The molecule has 1 aromatic carbocycles. The van der Waals surface area contributed by atoms with Crippen LogP contribution in [0.5, 0.6) is 0 Å². The molecule has 0 amide bonds. The molecule has 0 aromatic heterocycles. The molecule has 100 valence electrons. The van der Waals surface area contributed by atoms with Crippen LogP contribution in [-0.2, 0) is 6.42 Å². The molecule has 1 saturated carbocycles. The SMILES string of the molecule is CN(c1ccc(Br)cc1CCN)C1CCCCC1. The monoisotopic (exact) mass is 310 g/mol. The van der Waals surface area contributed by atoms with Crippen LogP contribution in [0.2, 0.25) is 0 Å². The van der Waals surface area contributed by atoms with Crippen molar-refractivity contribution in [3.63, 3.8) is 0 Å². The summed E-state index contributed by atoms with van der Waals surface area (Å²) in [6, 6.07) is 7.27. The van der Waals surface area contributed by atoms with Crippen molar-refractivity contribution in [2.45, 2.75) is 44.6 Å². The predicted molar refractivity (Wildman–Crippen MR) is 82.2 cm³/mol. The van der Waals surface area contributed by atoms with E-state index >= 15 is 0 Å². The van der Waals surface area contributed by atoms with Gasteiger partial charge in [0.05, 0.1) is 0 Å². The molecule has 1 aromatic rings. The summed E-state index contributed by atoms with van der Waals surface area (Å²) in [6.45, 7) is 0.710. The summed E-state index contributed by atoms with van der Waals surface area (Å²) in [5, 5.41) is 0. The molecule has 2 N–H and O–H groups in total. The molecular formula is C15H23BrN2. The standard InChI is InChI=1S/C15H23BrN2/c1-18(14-5-3-2-4-6-14)15-8-7-13(16)11-12(15)9-10-17/h7-8,11,14H,2-6,9-10,17H2,1H3. The van der Waals surface area contributed by atoms with Gasteiger partial charge >= 0.3 is 0 Å². The first-order valence-electron chi connectivity index (χ1n) is 6.93. The van der Waals surface area contributed by atoms with Gasteiger partial charge in [-0.15, -0.1) is 0 Å². The van der Waals surface area contributed by atoms with E-state index in [1.165, 1.54) is 43.4 Å². The minimum Gasteiger partial charge on any atom is -0.371 e. The highest BCUT2D eigenvalue weighted by molar-refractivity contribution is 9.10. The zero-order valence-corrected chi connectivity index (χ0v) is 12.7. The van der Waals surface area contributed by atoms with Gasteiger partial charge in [0.25, 0.3) is 0 Å². The van der Waals surface area contributed by atoms with Gasteiger partial charge < -0.3 is 10.6 Å². The van der Waals surface area contributed by atoms with E-state index in [0.29, 0.717) is 12.6 Å². The molecule has 2 nitrogen and oxygen atoms in total. The number of rotatable bonds is 4. The molecule has 1 aliphatic carbocycles. The van der Waals surface area contributed by atoms with E-state index in [1.54, 1.807) is 0 Å². The minimum atomic E-state index is 0.705. The highest BCUT2D eigenvalue weighted by Crippen LogP contribution is 2.30. The van der Waals surface area contributed by atoms with Crippen LogP contribution in [0.15, 0.2) is 22.7 Å². The molecule has 0 bridgehead atoms. The van der Waals surface area contributed by atoms with Crippen LogP contribution >= 0.6 is 15.9 Å². The molecular weight excluding hydrogens is 288 g/mol. The molecule has 0 radical (unpaired) electrons. The number of hydrogen-bond acceptors (Lipinski definition) is 2. The summed E-state index contributed by atoms with van der Waals surface area (Å²) >= 11 is 3.55. The maximum Gasteiger partial charge on any atom is 0.0399 e. The first-order valence-corrected chi connectivity index (χ1v) is 7.73. The van der Waals surface area contributed by atoms with E-state index in [1.807, 2.05) is 0 Å². The van der Waals surface area contributed by atoms with Gasteiger partial charge in [-0.2, -0.15) is 0 Å². The molecule has 1 fully saturated rings. The Bertz CT molecular complexity index is 386. The van der Waals surface area contributed by atoms with Crippen molar-refractivity contribution < 1.29 is 0 Å². The second-order valence-corrected chi connectivity index (χ2v) is 6.13. The lowest BCUT2D eigenvalue weighted by atomic mass is 9.93. The highest BCUT2D eigenvalue weighted by Gasteiger charge is 2.19. The zero-order valence-electron chi connectivity index (χ0n) is 11.2. The molecule has 0 atom stereocenters. The topological polar surface area (TPSA) is 29.3 Å². The number of nitrogens with zero attached hydrogens (tertiary/aromatic N) is 1. The van der Waals surface area contributed by atoms with Crippen LogP contribution in [0.3, 0.4) is 0 Å². The van der Waals surface area contributed by atoms with Crippen molar-refractivity contribution in [2.75, 3.05) is 18.5 Å². The minimum absolute atomic E-state index is 0.705. The average Bonchev–Trinajstić information content (AvgIpc) is 2.40. The summed E-state index contributed by atoms with van der Waals surface area (Å²) in [7, 11) is 2.24. The molecule has 0 unspecified atom stereocenters. The van der Waals surface area contributed by atoms with Gasteiger partial charge in [0.2, 0.25) is 0 Å². The lowest BCUT2D eigenvalue weighted by Gasteiger charge is -2.34. The zero-order chi connectivity index (χ0) is 13.0. The first kappa shape index (κ1) is 13.9. The van der Waals surface area contributed by atoms with Gasteiger partial charge in [-0.1, -0.05) is 35.2 Å². The molecule has 2 rings (SSSR count). The van der Waals surface area contributed by atoms with E-state index < -0.39 is 0 Å². The Morgan fingerprint density at radius 3 is 2.67 bits per heavy atom. The van der Waals surface area contributed by atoms with E-state index in [4.69, 9.17) is 5.73 Å². The van der Waals surface area contributed by atoms with Crippen LogP contribution in [0.4, 0.5) is 5.69 Å². The molecule has 0 heterocycles. The van der Waals surface area contributed by atoms with Crippen molar-refractivity contribution >= 4 is 21.6 Å². The summed E-state index contributed by atoms with van der Waals surface area (Å²) in [4.78, 5) is 2.47. The van der Waals surface area contributed by atoms with Crippen molar-refractivity contribution in [3.05, 3.63) is 28.2 Å². The summed E-state index contributed by atoms with van der Waals surface area (Å²) in [6.07, 6.45) is 7.75. The van der Waals surface area contributed by atoms with E-state index in [-0.39, 0.29) is 0 Å². The highest BCUT2D eigenvalue weighted by atomic mass is 79.9. The fourth-order valence-corrected chi connectivity index (χ4v) is 3.33. The van der Waals surface area contributed by atoms with Gasteiger partial charge in [0.15, 0.2) is 0 Å². The molecule has 18 heavy (non-hydrogen) atoms. The van der Waals surface area contributed by atoms with Gasteiger partial charge in [0, 0.05) is 23.2 Å². The Kier molecular flexibility index (Phi) is 5.07. The van der Waals surface area contributed by atoms with Crippen molar-refractivity contribution in [1.82, 2.24) is 0 Å². The fraction of sp³-hybridized carbons (Fsp3) is 0.600. The Morgan fingerprint density at radius 2 is 2.00 bits per heavy atom. The lowest BCUT2D eigenvalue weighted by Crippen LogP contribution is -2.34. The average molecular weight is 311 g/mol. The number of benzene rings is 1. The van der Waals surface area contributed by atoms with Crippen LogP contribution in [0.1, 0.15) is 37.7 Å². The molecule has 3 heteroatoms. The summed E-state index contributed by atoms with van der Waals surface area (Å²) in [5.41, 5.74) is 8.44. The van der Waals surface area contributed by atoms with Gasteiger partial charge in [-0.05, 0) is 49.6 Å². The second-order valence-electron chi connectivity index (χ2n) is 5.21. The third-order valence-corrected chi connectivity index (χ3v) is 4.45. The smallest absolute Gasteiger partial charge is 0.0399 e. The summed E-state index contributed by atoms with van der Waals surface area (Å²) in [5.74, 6) is 0. The van der Waals surface area contributed by atoms with Crippen LogP contribution in [0, 0.1) is 0 Å². The largest absolute Gasteiger partial charge is 0.371 e. The fourth-order valence-electron chi connectivity index (χ4n) is 2.92. The molecule has 0 spiro atoms. The van der Waals surface area contributed by atoms with E-state index in [2.05, 4.69) is 46.1 Å². The van der Waals surface area contributed by atoms with Crippen LogP contribution < -0.4 is 10.6 Å². The summed E-state index contributed by atoms with van der Waals surface area (Å²) < 4.78 is 1.15. The third-order valence-electron chi connectivity index (χ3n) is 3.96. The maximum absolute atomic E-state index is 5.72. The first-order chi connectivity index (χ1) is 8.72. The Labute approximate surface area is 119 Å². The Balaban J connectivity index is 2.19. The normalized spacial score (nSPS) is 16.8. The van der Waals surface area contributed by atoms with Gasteiger partial charge in [-0.3, -0.25) is 0 Å². The van der Waals surface area contributed by atoms with Crippen LogP contribution in [0.25, 0.3) is 0 Å². The lowest BCUT2D eigenvalue weighted by molar-refractivity contribution is 0.427. The van der Waals surface area contributed by atoms with Crippen molar-refractivity contribution in [3.8, 4) is 0 Å². The van der Waals surface area contributed by atoms with Gasteiger partial charge in [0.1, 0.15) is 0 Å². The molecule has 0 saturated heterocycles. The van der Waals surface area contributed by atoms with Crippen LogP contribution in [-0.4, -0.2) is 19.6 Å². The predicted octanol–water partition coefficient (Wildman–Crippen LogP) is 3.72. The second kappa shape index (κ2) is 6.58. The van der Waals surface area contributed by atoms with Gasteiger partial charge in [-0.25, -0.2) is 0 Å². The third kappa shape index (κ3) is 3.27. The van der Waals surface area contributed by atoms with Crippen molar-refractivity contribution in [1.29, 1.82) is 0 Å². The number of halogens is 1. The molecule has 0 aliphatic heterocycles. The van der Waals surface area contributed by atoms with E-state index in [0.717, 1.165) is 10.9 Å². The quantitative estimate of drug-likeness (QED) is 0.918.